The Morgan fingerprint density at radius 3 is 2.54 bits per heavy atom. The van der Waals surface area contributed by atoms with Gasteiger partial charge < -0.3 is 15.0 Å². The molecule has 6 nitrogen and oxygen atoms in total. The summed E-state index contributed by atoms with van der Waals surface area (Å²) >= 11 is 0. The Morgan fingerprint density at radius 1 is 1.29 bits per heavy atom. The van der Waals surface area contributed by atoms with Gasteiger partial charge in [0.05, 0.1) is 19.1 Å². The summed E-state index contributed by atoms with van der Waals surface area (Å²) in [5.74, 6) is -0.225. The molecule has 2 amide bonds. The molecule has 1 aromatic carbocycles. The van der Waals surface area contributed by atoms with Gasteiger partial charge in [0.25, 0.3) is 0 Å². The van der Waals surface area contributed by atoms with E-state index < -0.39 is 12.0 Å². The number of carbonyl (C=O) groups is 3. The molecule has 130 valence electrons. The van der Waals surface area contributed by atoms with Crippen molar-refractivity contribution < 1.29 is 19.1 Å². The van der Waals surface area contributed by atoms with E-state index in [0.29, 0.717) is 31.0 Å². The van der Waals surface area contributed by atoms with Crippen LogP contribution in [-0.2, 0) is 20.7 Å². The van der Waals surface area contributed by atoms with E-state index in [1.54, 1.807) is 29.2 Å². The number of rotatable bonds is 5. The first kappa shape index (κ1) is 18.0. The quantitative estimate of drug-likeness (QED) is 0.827. The molecule has 0 bridgehead atoms. The summed E-state index contributed by atoms with van der Waals surface area (Å²) in [5, 5.41) is 2.83. The fourth-order valence-corrected chi connectivity index (χ4v) is 2.85. The molecule has 0 radical (unpaired) electrons. The molecule has 1 aromatic rings. The molecule has 1 fully saturated rings. The fourth-order valence-electron chi connectivity index (χ4n) is 2.85. The number of nitrogens with zero attached hydrogens (tertiary/aromatic N) is 1. The van der Waals surface area contributed by atoms with E-state index in [9.17, 15) is 14.4 Å². The molecule has 0 saturated carbocycles. The average Bonchev–Trinajstić information content (AvgIpc) is 2.56. The van der Waals surface area contributed by atoms with Crippen LogP contribution >= 0.6 is 0 Å². The molecular formula is C18H24N2O4. The lowest BCUT2D eigenvalue weighted by Crippen LogP contribution is -2.57. The summed E-state index contributed by atoms with van der Waals surface area (Å²) in [6.45, 7) is 5.09. The molecule has 1 atom stereocenters. The second-order valence-electron chi connectivity index (χ2n) is 6.39. The maximum Gasteiger partial charge on any atom is 0.337 e. The van der Waals surface area contributed by atoms with E-state index in [4.69, 9.17) is 0 Å². The maximum atomic E-state index is 12.6. The minimum absolute atomic E-state index is 0.0682. The van der Waals surface area contributed by atoms with Crippen LogP contribution in [0.5, 0.6) is 0 Å². The molecule has 1 aliphatic rings. The zero-order valence-electron chi connectivity index (χ0n) is 14.4. The topological polar surface area (TPSA) is 75.7 Å². The number of carbonyl (C=O) groups excluding carboxylic acids is 3. The molecule has 1 heterocycles. The molecule has 6 heteroatoms. The van der Waals surface area contributed by atoms with E-state index in [0.717, 1.165) is 5.56 Å². The summed E-state index contributed by atoms with van der Waals surface area (Å²) in [4.78, 5) is 37.8. The second-order valence-corrected chi connectivity index (χ2v) is 6.39. The number of ether oxygens (including phenoxy) is 1. The van der Waals surface area contributed by atoms with Crippen LogP contribution in [0, 0.1) is 5.92 Å². The fraction of sp³-hybridized carbons (Fsp3) is 0.500. The SMILES string of the molecule is COC(=O)c1ccc(CC(=O)N2CCNC(=O)[C@H]2CC(C)C)cc1. The lowest BCUT2D eigenvalue weighted by molar-refractivity contribution is -0.143. The summed E-state index contributed by atoms with van der Waals surface area (Å²) < 4.78 is 4.66. The predicted molar refractivity (Wildman–Crippen MR) is 89.5 cm³/mol. The van der Waals surface area contributed by atoms with Crippen molar-refractivity contribution in [2.75, 3.05) is 20.2 Å². The lowest BCUT2D eigenvalue weighted by Gasteiger charge is -2.36. The first-order chi connectivity index (χ1) is 11.4. The summed E-state index contributed by atoms with van der Waals surface area (Å²) in [6, 6.07) is 6.36. The van der Waals surface area contributed by atoms with Gasteiger partial charge in [-0.1, -0.05) is 26.0 Å². The molecule has 24 heavy (non-hydrogen) atoms. The lowest BCUT2D eigenvalue weighted by atomic mass is 9.99. The van der Waals surface area contributed by atoms with E-state index >= 15 is 0 Å². The first-order valence-electron chi connectivity index (χ1n) is 8.16. The van der Waals surface area contributed by atoms with E-state index in [1.807, 2.05) is 13.8 Å². The Hall–Kier alpha value is -2.37. The van der Waals surface area contributed by atoms with Crippen LogP contribution in [0.3, 0.4) is 0 Å². The van der Waals surface area contributed by atoms with Crippen molar-refractivity contribution in [2.24, 2.45) is 5.92 Å². The van der Waals surface area contributed by atoms with E-state index in [1.165, 1.54) is 7.11 Å². The van der Waals surface area contributed by atoms with E-state index in [2.05, 4.69) is 10.1 Å². The normalized spacial score (nSPS) is 17.6. The number of nitrogens with one attached hydrogen (secondary N) is 1. The van der Waals surface area contributed by atoms with Gasteiger partial charge in [-0.15, -0.1) is 0 Å². The zero-order valence-corrected chi connectivity index (χ0v) is 14.4. The van der Waals surface area contributed by atoms with Gasteiger partial charge in [0.2, 0.25) is 11.8 Å². The van der Waals surface area contributed by atoms with Crippen molar-refractivity contribution in [3.63, 3.8) is 0 Å². The van der Waals surface area contributed by atoms with Crippen LogP contribution in [0.1, 0.15) is 36.2 Å². The van der Waals surface area contributed by atoms with Crippen molar-refractivity contribution in [1.82, 2.24) is 10.2 Å². The molecular weight excluding hydrogens is 308 g/mol. The standard InChI is InChI=1S/C18H24N2O4/c1-12(2)10-15-17(22)19-8-9-20(15)16(21)11-13-4-6-14(7-5-13)18(23)24-3/h4-7,12,15H,8-11H2,1-3H3,(H,19,22)/t15-/m1/s1. The van der Waals surface area contributed by atoms with Gasteiger partial charge in [0, 0.05) is 13.1 Å². The third-order valence-electron chi connectivity index (χ3n) is 4.08. The molecule has 0 spiro atoms. The largest absolute Gasteiger partial charge is 0.465 e. The smallest absolute Gasteiger partial charge is 0.337 e. The molecule has 0 unspecified atom stereocenters. The minimum Gasteiger partial charge on any atom is -0.465 e. The van der Waals surface area contributed by atoms with E-state index in [-0.39, 0.29) is 18.2 Å². The number of piperazine rings is 1. The van der Waals surface area contributed by atoms with Crippen molar-refractivity contribution in [1.29, 1.82) is 0 Å². The Bertz CT molecular complexity index is 610. The van der Waals surface area contributed by atoms with Gasteiger partial charge in [-0.2, -0.15) is 0 Å². The van der Waals surface area contributed by atoms with Gasteiger partial charge in [-0.25, -0.2) is 4.79 Å². The third kappa shape index (κ3) is 4.34. The van der Waals surface area contributed by atoms with Crippen LogP contribution in [0.15, 0.2) is 24.3 Å². The number of benzene rings is 1. The molecule has 1 aliphatic heterocycles. The molecule has 0 aromatic heterocycles. The van der Waals surface area contributed by atoms with Crippen molar-refractivity contribution >= 4 is 17.8 Å². The zero-order chi connectivity index (χ0) is 17.7. The highest BCUT2D eigenvalue weighted by Crippen LogP contribution is 2.16. The summed E-state index contributed by atoms with van der Waals surface area (Å²) in [5.41, 5.74) is 1.26. The number of amides is 2. The van der Waals surface area contributed by atoms with Gasteiger partial charge >= 0.3 is 5.97 Å². The number of esters is 1. The minimum atomic E-state index is -0.405. The number of methoxy groups -OCH3 is 1. The van der Waals surface area contributed by atoms with Gasteiger partial charge in [0.1, 0.15) is 6.04 Å². The van der Waals surface area contributed by atoms with Crippen LogP contribution in [-0.4, -0.2) is 48.9 Å². The number of hydrogen-bond acceptors (Lipinski definition) is 4. The predicted octanol–water partition coefficient (Wildman–Crippen LogP) is 1.39. The Labute approximate surface area is 142 Å². The molecule has 1 N–H and O–H groups in total. The number of hydrogen-bond donors (Lipinski definition) is 1. The van der Waals surface area contributed by atoms with Crippen LogP contribution in [0.25, 0.3) is 0 Å². The monoisotopic (exact) mass is 332 g/mol. The first-order valence-corrected chi connectivity index (χ1v) is 8.16. The Morgan fingerprint density at radius 2 is 1.96 bits per heavy atom. The molecule has 2 rings (SSSR count). The van der Waals surface area contributed by atoms with Crippen molar-refractivity contribution in [3.05, 3.63) is 35.4 Å². The van der Waals surface area contributed by atoms with Crippen molar-refractivity contribution in [2.45, 2.75) is 32.7 Å². The highest BCUT2D eigenvalue weighted by Gasteiger charge is 2.33. The maximum absolute atomic E-state index is 12.6. The highest BCUT2D eigenvalue weighted by molar-refractivity contribution is 5.90. The van der Waals surface area contributed by atoms with Gasteiger partial charge in [-0.05, 0) is 30.0 Å². The van der Waals surface area contributed by atoms with Crippen LogP contribution in [0.2, 0.25) is 0 Å². The molecule has 1 saturated heterocycles. The summed E-state index contributed by atoms with van der Waals surface area (Å²) in [7, 11) is 1.33. The van der Waals surface area contributed by atoms with Crippen LogP contribution in [0.4, 0.5) is 0 Å². The van der Waals surface area contributed by atoms with Gasteiger partial charge in [-0.3, -0.25) is 9.59 Å². The Balaban J connectivity index is 2.06. The second kappa shape index (κ2) is 7.95. The highest BCUT2D eigenvalue weighted by atomic mass is 16.5. The third-order valence-corrected chi connectivity index (χ3v) is 4.08. The van der Waals surface area contributed by atoms with Crippen LogP contribution < -0.4 is 5.32 Å². The average molecular weight is 332 g/mol. The van der Waals surface area contributed by atoms with Crippen molar-refractivity contribution in [3.8, 4) is 0 Å². The van der Waals surface area contributed by atoms with Gasteiger partial charge in [0.15, 0.2) is 0 Å². The Kier molecular flexibility index (Phi) is 5.95. The molecule has 0 aliphatic carbocycles. The summed E-state index contributed by atoms with van der Waals surface area (Å²) in [6.07, 6.45) is 0.863.